The number of hydrogen-bond donors (Lipinski definition) is 2. The van der Waals surface area contributed by atoms with E-state index in [0.717, 1.165) is 19.5 Å². The van der Waals surface area contributed by atoms with Crippen LogP contribution in [0.3, 0.4) is 0 Å². The van der Waals surface area contributed by atoms with Gasteiger partial charge in [0.1, 0.15) is 23.8 Å². The van der Waals surface area contributed by atoms with E-state index in [1.807, 2.05) is 13.0 Å². The molecule has 6 nitrogen and oxygen atoms in total. The Labute approximate surface area is 161 Å². The average molecular weight is 388 g/mol. The highest BCUT2D eigenvalue weighted by Gasteiger charge is 2.18. The Balaban J connectivity index is 1.63. The lowest BCUT2D eigenvalue weighted by Crippen LogP contribution is -2.20. The number of rotatable bonds is 5. The summed E-state index contributed by atoms with van der Waals surface area (Å²) >= 11 is 5.90. The first-order valence-electron chi connectivity index (χ1n) is 8.81. The number of anilines is 1. The molecule has 2 aromatic heterocycles. The van der Waals surface area contributed by atoms with E-state index in [9.17, 15) is 4.39 Å². The summed E-state index contributed by atoms with van der Waals surface area (Å²) in [4.78, 5) is 13.1. The van der Waals surface area contributed by atoms with E-state index in [0.29, 0.717) is 28.3 Å². The molecule has 3 heterocycles. The van der Waals surface area contributed by atoms with Gasteiger partial charge < -0.3 is 15.4 Å². The highest BCUT2D eigenvalue weighted by molar-refractivity contribution is 6.30. The normalized spacial score (nSPS) is 17.8. The number of ether oxygens (including phenoxy) is 1. The summed E-state index contributed by atoms with van der Waals surface area (Å²) in [6.07, 6.45) is 2.51. The summed E-state index contributed by atoms with van der Waals surface area (Å²) in [5.74, 6) is 0.598. The van der Waals surface area contributed by atoms with Gasteiger partial charge in [0.05, 0.1) is 16.6 Å². The van der Waals surface area contributed by atoms with Crippen LogP contribution in [0.25, 0.3) is 11.0 Å². The molecule has 0 bridgehead atoms. The first-order valence-corrected chi connectivity index (χ1v) is 9.19. The molecule has 27 heavy (non-hydrogen) atoms. The van der Waals surface area contributed by atoms with Crippen LogP contribution in [0.1, 0.15) is 24.9 Å². The SMILES string of the molecule is C[C@@H](Nc1ncnc2ccc(O[C@H]3CCNC3)nc12)c1cccc(Cl)c1F. The van der Waals surface area contributed by atoms with E-state index in [4.69, 9.17) is 16.3 Å². The van der Waals surface area contributed by atoms with Gasteiger partial charge in [-0.1, -0.05) is 23.7 Å². The van der Waals surface area contributed by atoms with Gasteiger partial charge in [0.15, 0.2) is 5.82 Å². The van der Waals surface area contributed by atoms with Gasteiger partial charge >= 0.3 is 0 Å². The van der Waals surface area contributed by atoms with E-state index in [1.165, 1.54) is 12.4 Å². The van der Waals surface area contributed by atoms with Crippen molar-refractivity contribution in [1.29, 1.82) is 0 Å². The van der Waals surface area contributed by atoms with Crippen LogP contribution < -0.4 is 15.4 Å². The number of aromatic nitrogens is 3. The predicted molar refractivity (Wildman–Crippen MR) is 103 cm³/mol. The maximum absolute atomic E-state index is 14.3. The Bertz CT molecular complexity index is 964. The second kappa shape index (κ2) is 7.62. The number of nitrogens with one attached hydrogen (secondary N) is 2. The molecule has 1 aliphatic rings. The minimum absolute atomic E-state index is 0.0904. The maximum Gasteiger partial charge on any atom is 0.214 e. The van der Waals surface area contributed by atoms with Crippen molar-refractivity contribution in [1.82, 2.24) is 20.3 Å². The summed E-state index contributed by atoms with van der Waals surface area (Å²) in [6.45, 7) is 3.59. The number of pyridine rings is 1. The van der Waals surface area contributed by atoms with Gasteiger partial charge in [-0.25, -0.2) is 19.3 Å². The van der Waals surface area contributed by atoms with Gasteiger partial charge in [-0.05, 0) is 32.0 Å². The number of benzene rings is 1. The average Bonchev–Trinajstić information content (AvgIpc) is 3.17. The summed E-state index contributed by atoms with van der Waals surface area (Å²) < 4.78 is 20.2. The highest BCUT2D eigenvalue weighted by Crippen LogP contribution is 2.28. The van der Waals surface area contributed by atoms with Crippen LogP contribution in [0.15, 0.2) is 36.7 Å². The standard InChI is InChI=1S/C19H19ClFN5O/c1-11(13-3-2-4-14(20)17(13)21)25-19-18-15(23-10-24-19)5-6-16(26-18)27-12-7-8-22-9-12/h2-6,10-12,22H,7-9H2,1H3,(H,23,24,25)/t11-,12+/m1/s1. The van der Waals surface area contributed by atoms with Crippen LogP contribution in [0, 0.1) is 5.82 Å². The molecule has 0 aliphatic carbocycles. The quantitative estimate of drug-likeness (QED) is 0.695. The number of hydrogen-bond acceptors (Lipinski definition) is 6. The van der Waals surface area contributed by atoms with Gasteiger partial charge in [-0.3, -0.25) is 0 Å². The second-order valence-corrected chi connectivity index (χ2v) is 6.89. The molecule has 140 valence electrons. The summed E-state index contributed by atoms with van der Waals surface area (Å²) in [7, 11) is 0. The van der Waals surface area contributed by atoms with Gasteiger partial charge in [0.25, 0.3) is 0 Å². The molecular weight excluding hydrogens is 369 g/mol. The molecule has 0 unspecified atom stereocenters. The fourth-order valence-electron chi connectivity index (χ4n) is 3.13. The van der Waals surface area contributed by atoms with Crippen molar-refractivity contribution < 1.29 is 9.13 Å². The monoisotopic (exact) mass is 387 g/mol. The Morgan fingerprint density at radius 3 is 3.00 bits per heavy atom. The highest BCUT2D eigenvalue weighted by atomic mass is 35.5. The first-order chi connectivity index (χ1) is 13.1. The van der Waals surface area contributed by atoms with Crippen LogP contribution in [-0.4, -0.2) is 34.1 Å². The van der Waals surface area contributed by atoms with Gasteiger partial charge in [-0.2, -0.15) is 0 Å². The van der Waals surface area contributed by atoms with Crippen LogP contribution in [0.2, 0.25) is 5.02 Å². The smallest absolute Gasteiger partial charge is 0.214 e. The van der Waals surface area contributed by atoms with Crippen molar-refractivity contribution in [3.8, 4) is 5.88 Å². The van der Waals surface area contributed by atoms with Gasteiger partial charge in [0, 0.05) is 18.2 Å². The molecule has 1 aliphatic heterocycles. The third kappa shape index (κ3) is 3.79. The minimum atomic E-state index is -0.441. The van der Waals surface area contributed by atoms with E-state index in [1.54, 1.807) is 18.2 Å². The van der Waals surface area contributed by atoms with Crippen molar-refractivity contribution in [3.05, 3.63) is 53.1 Å². The lowest BCUT2D eigenvalue weighted by atomic mass is 10.1. The van der Waals surface area contributed by atoms with E-state index >= 15 is 0 Å². The van der Waals surface area contributed by atoms with Gasteiger partial charge in [0.2, 0.25) is 5.88 Å². The zero-order valence-electron chi connectivity index (χ0n) is 14.7. The fourth-order valence-corrected chi connectivity index (χ4v) is 3.31. The zero-order valence-corrected chi connectivity index (χ0v) is 15.5. The van der Waals surface area contributed by atoms with Crippen molar-refractivity contribution in [2.24, 2.45) is 0 Å². The molecule has 3 aromatic rings. The molecule has 8 heteroatoms. The van der Waals surface area contributed by atoms with E-state index in [-0.39, 0.29) is 17.2 Å². The molecule has 1 aromatic carbocycles. The predicted octanol–water partition coefficient (Wildman–Crippen LogP) is 3.73. The number of halogens is 2. The van der Waals surface area contributed by atoms with Gasteiger partial charge in [-0.15, -0.1) is 0 Å². The Kier molecular flexibility index (Phi) is 5.05. The van der Waals surface area contributed by atoms with E-state index < -0.39 is 5.82 Å². The second-order valence-electron chi connectivity index (χ2n) is 6.48. The maximum atomic E-state index is 14.3. The molecule has 4 rings (SSSR count). The van der Waals surface area contributed by atoms with Crippen molar-refractivity contribution >= 4 is 28.5 Å². The van der Waals surface area contributed by atoms with Crippen molar-refractivity contribution in [2.75, 3.05) is 18.4 Å². The zero-order chi connectivity index (χ0) is 18.8. The molecule has 1 saturated heterocycles. The van der Waals surface area contributed by atoms with E-state index in [2.05, 4.69) is 25.6 Å². The Morgan fingerprint density at radius 2 is 2.19 bits per heavy atom. The molecule has 0 spiro atoms. The lowest BCUT2D eigenvalue weighted by Gasteiger charge is -2.17. The largest absolute Gasteiger partial charge is 0.473 e. The fraction of sp³-hybridized carbons (Fsp3) is 0.316. The summed E-state index contributed by atoms with van der Waals surface area (Å²) in [5, 5.41) is 6.56. The Morgan fingerprint density at radius 1 is 1.30 bits per heavy atom. The topological polar surface area (TPSA) is 72.0 Å². The lowest BCUT2D eigenvalue weighted by molar-refractivity contribution is 0.215. The number of fused-ring (bicyclic) bond motifs is 1. The number of nitrogens with zero attached hydrogens (tertiary/aromatic N) is 3. The van der Waals surface area contributed by atoms with Crippen LogP contribution in [-0.2, 0) is 0 Å². The van der Waals surface area contributed by atoms with Crippen molar-refractivity contribution in [3.63, 3.8) is 0 Å². The third-order valence-electron chi connectivity index (χ3n) is 4.56. The molecule has 0 saturated carbocycles. The molecule has 1 fully saturated rings. The molecular formula is C19H19ClFN5O. The molecule has 0 radical (unpaired) electrons. The Hall–Kier alpha value is -2.51. The van der Waals surface area contributed by atoms with Crippen LogP contribution in [0.5, 0.6) is 5.88 Å². The first kappa shape index (κ1) is 17.9. The summed E-state index contributed by atoms with van der Waals surface area (Å²) in [5.41, 5.74) is 1.72. The van der Waals surface area contributed by atoms with Crippen molar-refractivity contribution in [2.45, 2.75) is 25.5 Å². The molecule has 2 atom stereocenters. The summed E-state index contributed by atoms with van der Waals surface area (Å²) in [6, 6.07) is 8.23. The van der Waals surface area contributed by atoms with Crippen LogP contribution in [0.4, 0.5) is 10.2 Å². The molecule has 2 N–H and O–H groups in total. The minimum Gasteiger partial charge on any atom is -0.473 e. The molecule has 0 amide bonds. The van der Waals surface area contributed by atoms with Crippen LogP contribution >= 0.6 is 11.6 Å². The third-order valence-corrected chi connectivity index (χ3v) is 4.85.